The zero-order valence-electron chi connectivity index (χ0n) is 13.2. The van der Waals surface area contributed by atoms with E-state index in [2.05, 4.69) is 26.7 Å². The van der Waals surface area contributed by atoms with Crippen LogP contribution in [0.25, 0.3) is 11.5 Å². The summed E-state index contributed by atoms with van der Waals surface area (Å²) in [6.45, 7) is 6.65. The molecule has 7 heteroatoms. The fourth-order valence-corrected chi connectivity index (χ4v) is 2.31. The number of aromatic nitrogens is 4. The summed E-state index contributed by atoms with van der Waals surface area (Å²) in [5, 5.41) is 14.5. The molecular weight excluding hydrogens is 294 g/mol. The number of nitrogens with zero attached hydrogens (tertiary/aromatic N) is 4. The molecule has 1 amide bonds. The molecule has 0 radical (unpaired) electrons. The Morgan fingerprint density at radius 1 is 1.22 bits per heavy atom. The highest BCUT2D eigenvalue weighted by Gasteiger charge is 2.15. The van der Waals surface area contributed by atoms with Crippen LogP contribution in [0.4, 0.5) is 6.01 Å². The number of carbonyl (C=O) groups is 1. The topological polar surface area (TPSA) is 85.8 Å². The number of benzene rings is 1. The molecule has 0 aliphatic carbocycles. The average Bonchev–Trinajstić information content (AvgIpc) is 3.15. The van der Waals surface area contributed by atoms with Gasteiger partial charge in [-0.3, -0.25) is 14.8 Å². The van der Waals surface area contributed by atoms with Gasteiger partial charge in [-0.25, -0.2) is 0 Å². The standard InChI is InChI=1S/C16H17N5O2/c1-4-21-6-5-13(20-21)14(22)17-16-19-18-15(23-16)12-8-10(2)7-11(3)9-12/h5-9H,4H2,1-3H3,(H,17,19,22). The van der Waals surface area contributed by atoms with E-state index in [-0.39, 0.29) is 11.9 Å². The molecule has 0 aliphatic rings. The number of hydrogen-bond acceptors (Lipinski definition) is 5. The molecule has 2 aromatic heterocycles. The first-order chi connectivity index (χ1) is 11.0. The van der Waals surface area contributed by atoms with Crippen LogP contribution in [0.3, 0.4) is 0 Å². The third-order valence-corrected chi connectivity index (χ3v) is 3.31. The van der Waals surface area contributed by atoms with E-state index in [0.29, 0.717) is 18.1 Å². The number of rotatable bonds is 4. The van der Waals surface area contributed by atoms with E-state index in [1.807, 2.05) is 32.9 Å². The van der Waals surface area contributed by atoms with Crippen LogP contribution in [0.2, 0.25) is 0 Å². The van der Waals surface area contributed by atoms with Gasteiger partial charge in [-0.15, -0.1) is 5.10 Å². The lowest BCUT2D eigenvalue weighted by Gasteiger charge is -2.00. The Balaban J connectivity index is 1.77. The Morgan fingerprint density at radius 3 is 2.61 bits per heavy atom. The van der Waals surface area contributed by atoms with E-state index in [1.54, 1.807) is 16.9 Å². The molecule has 23 heavy (non-hydrogen) atoms. The van der Waals surface area contributed by atoms with E-state index in [9.17, 15) is 4.79 Å². The molecule has 3 rings (SSSR count). The highest BCUT2D eigenvalue weighted by Crippen LogP contribution is 2.22. The summed E-state index contributed by atoms with van der Waals surface area (Å²) < 4.78 is 7.19. The summed E-state index contributed by atoms with van der Waals surface area (Å²) in [4.78, 5) is 12.1. The summed E-state index contributed by atoms with van der Waals surface area (Å²) in [7, 11) is 0. The third kappa shape index (κ3) is 3.28. The molecule has 0 saturated carbocycles. The summed E-state index contributed by atoms with van der Waals surface area (Å²) in [5.41, 5.74) is 3.34. The molecule has 7 nitrogen and oxygen atoms in total. The maximum absolute atomic E-state index is 12.1. The van der Waals surface area contributed by atoms with Gasteiger partial charge in [0.25, 0.3) is 5.91 Å². The average molecular weight is 311 g/mol. The maximum Gasteiger partial charge on any atom is 0.322 e. The zero-order valence-corrected chi connectivity index (χ0v) is 13.2. The number of aryl methyl sites for hydroxylation is 3. The molecule has 0 spiro atoms. The summed E-state index contributed by atoms with van der Waals surface area (Å²) in [6.07, 6.45) is 1.74. The van der Waals surface area contributed by atoms with Crippen LogP contribution in [0, 0.1) is 13.8 Å². The Bertz CT molecular complexity index is 830. The Labute approximate surface area is 133 Å². The number of anilines is 1. The molecule has 0 fully saturated rings. The molecule has 0 unspecified atom stereocenters. The van der Waals surface area contributed by atoms with Crippen LogP contribution in [-0.2, 0) is 6.54 Å². The molecule has 1 aromatic carbocycles. The van der Waals surface area contributed by atoms with E-state index < -0.39 is 0 Å². The largest absolute Gasteiger partial charge is 0.403 e. The first kappa shape index (κ1) is 15.0. The van der Waals surface area contributed by atoms with Crippen molar-refractivity contribution in [2.75, 3.05) is 5.32 Å². The van der Waals surface area contributed by atoms with Gasteiger partial charge in [-0.05, 0) is 39.0 Å². The summed E-state index contributed by atoms with van der Waals surface area (Å²) in [5.74, 6) is -0.0148. The third-order valence-electron chi connectivity index (χ3n) is 3.31. The van der Waals surface area contributed by atoms with Gasteiger partial charge in [0, 0.05) is 18.3 Å². The van der Waals surface area contributed by atoms with Gasteiger partial charge in [0.15, 0.2) is 5.69 Å². The van der Waals surface area contributed by atoms with Crippen molar-refractivity contribution in [3.63, 3.8) is 0 Å². The smallest absolute Gasteiger partial charge is 0.322 e. The minimum absolute atomic E-state index is 0.0511. The normalized spacial score (nSPS) is 10.7. The van der Waals surface area contributed by atoms with Crippen LogP contribution in [0.1, 0.15) is 28.5 Å². The van der Waals surface area contributed by atoms with E-state index in [4.69, 9.17) is 4.42 Å². The van der Waals surface area contributed by atoms with E-state index in [0.717, 1.165) is 16.7 Å². The predicted octanol–water partition coefficient (Wildman–Crippen LogP) is 2.82. The quantitative estimate of drug-likeness (QED) is 0.800. The molecule has 0 saturated heterocycles. The van der Waals surface area contributed by atoms with Crippen molar-refractivity contribution in [1.82, 2.24) is 20.0 Å². The summed E-state index contributed by atoms with van der Waals surface area (Å²) in [6, 6.07) is 7.66. The van der Waals surface area contributed by atoms with Crippen molar-refractivity contribution in [1.29, 1.82) is 0 Å². The van der Waals surface area contributed by atoms with Crippen molar-refractivity contribution in [2.24, 2.45) is 0 Å². The minimum atomic E-state index is -0.382. The van der Waals surface area contributed by atoms with Crippen molar-refractivity contribution in [3.05, 3.63) is 47.3 Å². The van der Waals surface area contributed by atoms with Gasteiger partial charge >= 0.3 is 6.01 Å². The molecule has 1 N–H and O–H groups in total. The van der Waals surface area contributed by atoms with Crippen LogP contribution >= 0.6 is 0 Å². The lowest BCUT2D eigenvalue weighted by atomic mass is 10.1. The number of carbonyl (C=O) groups excluding carboxylic acids is 1. The first-order valence-corrected chi connectivity index (χ1v) is 7.32. The Kier molecular flexibility index (Phi) is 3.92. The molecule has 2 heterocycles. The van der Waals surface area contributed by atoms with Crippen LogP contribution < -0.4 is 5.32 Å². The maximum atomic E-state index is 12.1. The van der Waals surface area contributed by atoms with Gasteiger partial charge in [0.05, 0.1) is 0 Å². The Morgan fingerprint density at radius 2 is 1.96 bits per heavy atom. The van der Waals surface area contributed by atoms with Crippen molar-refractivity contribution >= 4 is 11.9 Å². The molecule has 0 aliphatic heterocycles. The summed E-state index contributed by atoms with van der Waals surface area (Å²) >= 11 is 0. The van der Waals surface area contributed by atoms with Gasteiger partial charge < -0.3 is 4.42 Å². The molecular formula is C16H17N5O2. The SMILES string of the molecule is CCn1ccc(C(=O)Nc2nnc(-c3cc(C)cc(C)c3)o2)n1. The van der Waals surface area contributed by atoms with Gasteiger partial charge in [0.1, 0.15) is 0 Å². The fourth-order valence-electron chi connectivity index (χ4n) is 2.31. The van der Waals surface area contributed by atoms with Crippen molar-refractivity contribution in [3.8, 4) is 11.5 Å². The highest BCUT2D eigenvalue weighted by molar-refractivity contribution is 6.01. The molecule has 0 bridgehead atoms. The Hall–Kier alpha value is -2.96. The van der Waals surface area contributed by atoms with Crippen molar-refractivity contribution in [2.45, 2.75) is 27.3 Å². The zero-order chi connectivity index (χ0) is 16.4. The second-order valence-corrected chi connectivity index (χ2v) is 5.30. The van der Waals surface area contributed by atoms with Crippen LogP contribution in [0.15, 0.2) is 34.9 Å². The number of hydrogen-bond donors (Lipinski definition) is 1. The monoisotopic (exact) mass is 311 g/mol. The number of nitrogens with one attached hydrogen (secondary N) is 1. The second kappa shape index (κ2) is 6.04. The molecule has 3 aromatic rings. The number of amides is 1. The fraction of sp³-hybridized carbons (Fsp3) is 0.250. The molecule has 118 valence electrons. The highest BCUT2D eigenvalue weighted by atomic mass is 16.4. The van der Waals surface area contributed by atoms with Crippen LogP contribution in [0.5, 0.6) is 0 Å². The lowest BCUT2D eigenvalue weighted by Crippen LogP contribution is -2.13. The van der Waals surface area contributed by atoms with Gasteiger partial charge in [-0.1, -0.05) is 22.3 Å². The van der Waals surface area contributed by atoms with E-state index >= 15 is 0 Å². The predicted molar refractivity (Wildman–Crippen MR) is 85.1 cm³/mol. The molecule has 0 atom stereocenters. The first-order valence-electron chi connectivity index (χ1n) is 7.32. The second-order valence-electron chi connectivity index (χ2n) is 5.30. The van der Waals surface area contributed by atoms with Crippen LogP contribution in [-0.4, -0.2) is 25.9 Å². The van der Waals surface area contributed by atoms with Crippen molar-refractivity contribution < 1.29 is 9.21 Å². The van der Waals surface area contributed by atoms with Gasteiger partial charge in [0.2, 0.25) is 5.89 Å². The minimum Gasteiger partial charge on any atom is -0.403 e. The lowest BCUT2D eigenvalue weighted by molar-refractivity contribution is 0.101. The van der Waals surface area contributed by atoms with E-state index in [1.165, 1.54) is 0 Å². The van der Waals surface area contributed by atoms with Gasteiger partial charge in [-0.2, -0.15) is 5.10 Å².